The van der Waals surface area contributed by atoms with Gasteiger partial charge in [-0.3, -0.25) is 9.59 Å². The number of carbonyl (C=O) groups excluding carboxylic acids is 2. The highest BCUT2D eigenvalue weighted by Gasteiger charge is 2.73. The normalized spacial score (nSPS) is 22.6. The van der Waals surface area contributed by atoms with Crippen molar-refractivity contribution < 1.29 is 53.1 Å². The molecule has 2 aliphatic rings. The first-order chi connectivity index (χ1) is 20.3. The smallest absolute Gasteiger partial charge is 0.343 e. The van der Waals surface area contributed by atoms with Crippen LogP contribution in [0.2, 0.25) is 0 Å². The maximum absolute atomic E-state index is 14.7. The van der Waals surface area contributed by atoms with Crippen LogP contribution in [0.1, 0.15) is 63.0 Å². The first kappa shape index (κ1) is 33.9. The highest BCUT2D eigenvalue weighted by atomic mass is 32.2. The third-order valence-corrected chi connectivity index (χ3v) is 11.6. The molecule has 242 valence electrons. The molecule has 1 saturated heterocycles. The van der Waals surface area contributed by atoms with Gasteiger partial charge < -0.3 is 4.90 Å². The van der Waals surface area contributed by atoms with Gasteiger partial charge >= 0.3 is 18.0 Å². The second kappa shape index (κ2) is 12.1. The first-order valence-corrected chi connectivity index (χ1v) is 15.5. The Morgan fingerprint density at radius 2 is 1.32 bits per heavy atom. The highest BCUT2D eigenvalue weighted by Crippen LogP contribution is 2.54. The van der Waals surface area contributed by atoms with E-state index in [9.17, 15) is 53.1 Å². The number of sulfone groups is 1. The number of ketones is 1. The summed E-state index contributed by atoms with van der Waals surface area (Å²) >= 11 is 0. The summed E-state index contributed by atoms with van der Waals surface area (Å²) in [4.78, 5) is 26.0. The fourth-order valence-corrected chi connectivity index (χ4v) is 8.52. The first-order valence-electron chi connectivity index (χ1n) is 14.1. The van der Waals surface area contributed by atoms with Gasteiger partial charge in [0.15, 0.2) is 9.84 Å². The minimum absolute atomic E-state index is 0.0185. The molecule has 0 bridgehead atoms. The summed E-state index contributed by atoms with van der Waals surface area (Å²) in [5, 5.41) is 0. The maximum Gasteiger partial charge on any atom is 0.435 e. The van der Waals surface area contributed by atoms with E-state index in [1.54, 1.807) is 4.90 Å². The summed E-state index contributed by atoms with van der Waals surface area (Å²) < 4.78 is 134. The van der Waals surface area contributed by atoms with Crippen LogP contribution < -0.4 is 0 Å². The number of alkyl halides is 7. The van der Waals surface area contributed by atoms with Crippen molar-refractivity contribution >= 4 is 21.5 Å². The number of hydrogen-bond donors (Lipinski definition) is 0. The van der Waals surface area contributed by atoms with Crippen molar-refractivity contribution in [3.63, 3.8) is 0 Å². The zero-order chi connectivity index (χ0) is 32.7. The van der Waals surface area contributed by atoms with Crippen molar-refractivity contribution in [2.45, 2.75) is 79.5 Å². The molecule has 2 aromatic rings. The zero-order valence-electron chi connectivity index (χ0n) is 23.6. The molecule has 14 heteroatoms. The molecule has 2 aromatic carbocycles. The van der Waals surface area contributed by atoms with Crippen LogP contribution in [0, 0.1) is 17.7 Å². The molecular weight excluding hydrogens is 622 g/mol. The molecule has 1 aliphatic carbocycles. The number of nitrogens with zero attached hydrogens (tertiary/aromatic N) is 1. The number of amides is 1. The number of likely N-dealkylation sites (tertiary alicyclic amines) is 1. The Morgan fingerprint density at radius 3 is 1.77 bits per heavy atom. The molecular formula is C30H31F8NO4S. The van der Waals surface area contributed by atoms with Gasteiger partial charge in [0, 0.05) is 37.9 Å². The summed E-state index contributed by atoms with van der Waals surface area (Å²) in [5.74, 6) is -1.31. The molecule has 0 unspecified atom stereocenters. The molecule has 1 saturated carbocycles. The largest absolute Gasteiger partial charge is 0.435 e. The van der Waals surface area contributed by atoms with Crippen molar-refractivity contribution in [1.82, 2.24) is 4.90 Å². The Kier molecular flexibility index (Phi) is 9.27. The molecule has 2 fully saturated rings. The fourth-order valence-electron chi connectivity index (χ4n) is 6.36. The van der Waals surface area contributed by atoms with E-state index in [0.717, 1.165) is 36.4 Å². The van der Waals surface area contributed by atoms with E-state index in [4.69, 9.17) is 0 Å². The van der Waals surface area contributed by atoms with Gasteiger partial charge in [0.25, 0.3) is 0 Å². The van der Waals surface area contributed by atoms with Crippen LogP contribution in [0.25, 0.3) is 0 Å². The second-order valence-electron chi connectivity index (χ2n) is 11.6. The lowest BCUT2D eigenvalue weighted by Crippen LogP contribution is -2.50. The van der Waals surface area contributed by atoms with Gasteiger partial charge in [0.05, 0.1) is 4.90 Å². The summed E-state index contributed by atoms with van der Waals surface area (Å²) in [7, 11) is -4.41. The summed E-state index contributed by atoms with van der Waals surface area (Å²) in [6.45, 7) is 2.35. The van der Waals surface area contributed by atoms with E-state index in [-0.39, 0.29) is 66.1 Å². The van der Waals surface area contributed by atoms with Gasteiger partial charge in [0.2, 0.25) is 5.91 Å². The molecule has 0 atom stereocenters. The minimum Gasteiger partial charge on any atom is -0.343 e. The van der Waals surface area contributed by atoms with E-state index >= 15 is 0 Å². The lowest BCUT2D eigenvalue weighted by molar-refractivity contribution is -0.348. The molecule has 0 N–H and O–H groups in total. The summed E-state index contributed by atoms with van der Waals surface area (Å²) in [5.41, 5.74) is -7.57. The molecule has 0 spiro atoms. The van der Waals surface area contributed by atoms with Crippen LogP contribution in [0.4, 0.5) is 35.1 Å². The Labute approximate surface area is 249 Å². The number of hydrogen-bond acceptors (Lipinski definition) is 4. The molecule has 44 heavy (non-hydrogen) atoms. The Hall–Kier alpha value is -3.03. The van der Waals surface area contributed by atoms with Crippen LogP contribution in [-0.4, -0.2) is 50.5 Å². The van der Waals surface area contributed by atoms with Crippen LogP contribution in [0.3, 0.4) is 0 Å². The van der Waals surface area contributed by atoms with Crippen molar-refractivity contribution in [2.24, 2.45) is 11.8 Å². The van der Waals surface area contributed by atoms with Crippen LogP contribution in [0.15, 0.2) is 53.4 Å². The van der Waals surface area contributed by atoms with E-state index in [2.05, 4.69) is 0 Å². The zero-order valence-corrected chi connectivity index (χ0v) is 24.5. The van der Waals surface area contributed by atoms with Crippen molar-refractivity contribution in [2.75, 3.05) is 13.1 Å². The summed E-state index contributed by atoms with van der Waals surface area (Å²) in [6.07, 6.45) is -11.4. The molecule has 1 amide bonds. The minimum atomic E-state index is -6.34. The van der Waals surface area contributed by atoms with Crippen molar-refractivity contribution in [3.8, 4) is 0 Å². The third-order valence-electron chi connectivity index (χ3n) is 9.03. The molecule has 5 nitrogen and oxygen atoms in total. The van der Waals surface area contributed by atoms with Gasteiger partial charge in [-0.15, -0.1) is 0 Å². The number of carbonyl (C=O) groups is 2. The van der Waals surface area contributed by atoms with E-state index in [1.807, 2.05) is 0 Å². The predicted octanol–water partition coefficient (Wildman–Crippen LogP) is 7.19. The van der Waals surface area contributed by atoms with Crippen LogP contribution in [0.5, 0.6) is 0 Å². The van der Waals surface area contributed by atoms with Crippen molar-refractivity contribution in [1.29, 1.82) is 0 Å². The molecule has 1 heterocycles. The quantitative estimate of drug-likeness (QED) is 0.234. The van der Waals surface area contributed by atoms with Gasteiger partial charge in [-0.25, -0.2) is 17.2 Å². The van der Waals surface area contributed by atoms with Crippen LogP contribution >= 0.6 is 0 Å². The monoisotopic (exact) mass is 653 g/mol. The maximum atomic E-state index is 14.7. The van der Waals surface area contributed by atoms with Gasteiger partial charge in [-0.1, -0.05) is 24.3 Å². The lowest BCUT2D eigenvalue weighted by Gasteiger charge is -2.40. The van der Waals surface area contributed by atoms with E-state index in [1.165, 1.54) is 6.92 Å². The summed E-state index contributed by atoms with van der Waals surface area (Å²) in [6, 6.07) is 5.97. The number of piperidine rings is 1. The van der Waals surface area contributed by atoms with E-state index < -0.39 is 44.0 Å². The Bertz CT molecular complexity index is 1440. The average Bonchev–Trinajstić information content (AvgIpc) is 2.96. The standard InChI is InChI=1S/C30H31F8NO4S/c1-19(40)39-16-12-21(13-17-39)26(41)18-20-10-14-27(15-11-20,44(42,43)25-8-6-24(31)7-9-25)22-2-4-23(5-3-22)28(32,29(33,34)35)30(36,37)38/h2-9,20-21H,10-18H2,1H3. The third kappa shape index (κ3) is 6.10. The fraction of sp³-hybridized carbons (Fsp3) is 0.533. The van der Waals surface area contributed by atoms with Crippen LogP contribution in [-0.2, 0) is 29.8 Å². The van der Waals surface area contributed by atoms with Gasteiger partial charge in [-0.05, 0) is 74.3 Å². The lowest BCUT2D eigenvalue weighted by atomic mass is 9.74. The number of benzene rings is 2. The number of rotatable bonds is 7. The molecule has 0 aromatic heterocycles. The number of Topliss-reactive ketones (excluding diaryl/α,β-unsaturated/α-hetero) is 1. The predicted molar refractivity (Wildman–Crippen MR) is 143 cm³/mol. The molecule has 0 radical (unpaired) electrons. The average molecular weight is 654 g/mol. The van der Waals surface area contributed by atoms with Crippen molar-refractivity contribution in [3.05, 3.63) is 65.5 Å². The van der Waals surface area contributed by atoms with Gasteiger partial charge in [0.1, 0.15) is 16.3 Å². The number of halogens is 8. The molecule has 1 aliphatic heterocycles. The Balaban J connectivity index is 1.63. The van der Waals surface area contributed by atoms with Gasteiger partial charge in [-0.2, -0.15) is 26.3 Å². The van der Waals surface area contributed by atoms with E-state index in [0.29, 0.717) is 38.1 Å². The second-order valence-corrected chi connectivity index (χ2v) is 13.8. The molecule has 4 rings (SSSR count). The SMILES string of the molecule is CC(=O)N1CCC(C(=O)CC2CCC(c3ccc(C(F)(C(F)(F)F)C(F)(F)F)cc3)(S(=O)(=O)c3ccc(F)cc3)CC2)CC1. The Morgan fingerprint density at radius 1 is 0.818 bits per heavy atom. The highest BCUT2D eigenvalue weighted by molar-refractivity contribution is 7.92. The topological polar surface area (TPSA) is 71.5 Å².